The van der Waals surface area contributed by atoms with Gasteiger partial charge in [-0.3, -0.25) is 4.79 Å². The molecule has 2 heterocycles. The molecule has 7 nitrogen and oxygen atoms in total. The molecule has 3 fully saturated rings. The summed E-state index contributed by atoms with van der Waals surface area (Å²) >= 11 is 0. The van der Waals surface area contributed by atoms with E-state index >= 15 is 0 Å². The third-order valence-electron chi connectivity index (χ3n) is 6.45. The van der Waals surface area contributed by atoms with E-state index in [9.17, 15) is 27.9 Å². The van der Waals surface area contributed by atoms with Crippen molar-refractivity contribution in [2.45, 2.75) is 50.6 Å². The van der Waals surface area contributed by atoms with E-state index in [1.165, 1.54) is 18.3 Å². The van der Waals surface area contributed by atoms with Gasteiger partial charge in [-0.1, -0.05) is 0 Å². The zero-order valence-corrected chi connectivity index (χ0v) is 17.3. The third-order valence-corrected chi connectivity index (χ3v) is 6.45. The van der Waals surface area contributed by atoms with Gasteiger partial charge in [0.25, 0.3) is 0 Å². The fourth-order valence-electron chi connectivity index (χ4n) is 4.48. The Hall–Kier alpha value is -2.75. The summed E-state index contributed by atoms with van der Waals surface area (Å²) in [7, 11) is 0. The van der Waals surface area contributed by atoms with Gasteiger partial charge >= 0.3 is 12.6 Å². The van der Waals surface area contributed by atoms with Crippen LogP contribution in [0, 0.1) is 5.92 Å². The standard InChI is InChI=1S/C22H24F3N3O4/c23-16-10-27(8-11(16)7-26-12-1-2-12)17-6-5-14-18(20(17)32-22(24)25)28(13-3-4-13)9-15(19(14)29)21(30)31/h5-6,9,11-13,16,22,26H,1-4,7-8,10H2,(H,30,31)/t11-,16+/m0/s1. The SMILES string of the molecule is O=C(O)c1cn(C2CC2)c2c(OC(F)F)c(N3C[C@H](CNC4CC4)[C@H](F)C3)ccc2c1=O. The number of carboxylic acid groups (broad SMARTS) is 1. The fraction of sp³-hybridized carbons (Fsp3) is 0.545. The predicted molar refractivity (Wildman–Crippen MR) is 112 cm³/mol. The van der Waals surface area contributed by atoms with Gasteiger partial charge in [-0.2, -0.15) is 8.78 Å². The molecule has 1 aromatic heterocycles. The Kier molecular flexibility index (Phi) is 5.27. The van der Waals surface area contributed by atoms with E-state index in [4.69, 9.17) is 4.74 Å². The van der Waals surface area contributed by atoms with Crippen LogP contribution in [0.2, 0.25) is 0 Å². The van der Waals surface area contributed by atoms with Gasteiger partial charge in [-0.15, -0.1) is 0 Å². The summed E-state index contributed by atoms with van der Waals surface area (Å²) in [5.41, 5.74) is -0.760. The number of benzene rings is 1. The molecule has 5 rings (SSSR count). The zero-order valence-electron chi connectivity index (χ0n) is 17.3. The molecule has 2 atom stereocenters. The second-order valence-electron chi connectivity index (χ2n) is 8.87. The Morgan fingerprint density at radius 1 is 1.22 bits per heavy atom. The van der Waals surface area contributed by atoms with Crippen molar-refractivity contribution in [1.82, 2.24) is 9.88 Å². The summed E-state index contributed by atoms with van der Waals surface area (Å²) in [6.07, 6.45) is 3.72. The molecule has 1 aliphatic heterocycles. The van der Waals surface area contributed by atoms with Gasteiger partial charge in [0.15, 0.2) is 5.75 Å². The van der Waals surface area contributed by atoms with Crippen molar-refractivity contribution in [1.29, 1.82) is 0 Å². The molecule has 0 unspecified atom stereocenters. The van der Waals surface area contributed by atoms with Gasteiger partial charge in [0.2, 0.25) is 5.43 Å². The average Bonchev–Trinajstić information content (AvgIpc) is 3.65. The number of alkyl halides is 3. The van der Waals surface area contributed by atoms with Crippen LogP contribution < -0.4 is 20.4 Å². The molecule has 2 N–H and O–H groups in total. The van der Waals surface area contributed by atoms with Crippen molar-refractivity contribution >= 4 is 22.6 Å². The maximum atomic E-state index is 14.7. The van der Waals surface area contributed by atoms with Crippen LogP contribution in [-0.4, -0.2) is 54.1 Å². The zero-order chi connectivity index (χ0) is 22.6. The van der Waals surface area contributed by atoms with E-state index in [1.807, 2.05) is 0 Å². The van der Waals surface area contributed by atoms with Crippen molar-refractivity contribution in [3.63, 3.8) is 0 Å². The van der Waals surface area contributed by atoms with Crippen LogP contribution in [0.25, 0.3) is 10.9 Å². The van der Waals surface area contributed by atoms with E-state index in [-0.39, 0.29) is 40.8 Å². The summed E-state index contributed by atoms with van der Waals surface area (Å²) in [4.78, 5) is 26.0. The Bertz CT molecular complexity index is 1110. The molecule has 3 aliphatic rings. The molecule has 0 spiro atoms. The van der Waals surface area contributed by atoms with E-state index in [0.29, 0.717) is 19.1 Å². The smallest absolute Gasteiger partial charge is 0.387 e. The number of aromatic carboxylic acids is 1. The van der Waals surface area contributed by atoms with Crippen LogP contribution in [0.15, 0.2) is 23.1 Å². The van der Waals surface area contributed by atoms with E-state index in [0.717, 1.165) is 25.7 Å². The molecule has 32 heavy (non-hydrogen) atoms. The summed E-state index contributed by atoms with van der Waals surface area (Å²) in [6.45, 7) is -2.29. The Morgan fingerprint density at radius 2 is 1.97 bits per heavy atom. The van der Waals surface area contributed by atoms with Crippen LogP contribution in [-0.2, 0) is 0 Å². The number of halogens is 3. The highest BCUT2D eigenvalue weighted by Gasteiger charge is 2.37. The lowest BCUT2D eigenvalue weighted by molar-refractivity contribution is -0.0487. The number of anilines is 1. The second kappa shape index (κ2) is 7.99. The Morgan fingerprint density at radius 3 is 2.59 bits per heavy atom. The molecule has 2 saturated carbocycles. The fourth-order valence-corrected chi connectivity index (χ4v) is 4.48. The molecule has 1 saturated heterocycles. The van der Waals surface area contributed by atoms with E-state index in [1.54, 1.807) is 9.47 Å². The van der Waals surface area contributed by atoms with Crippen LogP contribution >= 0.6 is 0 Å². The quantitative estimate of drug-likeness (QED) is 0.642. The summed E-state index contributed by atoms with van der Waals surface area (Å²) in [5, 5.41) is 12.7. The first-order valence-electron chi connectivity index (χ1n) is 10.9. The van der Waals surface area contributed by atoms with Gasteiger partial charge in [-0.25, -0.2) is 9.18 Å². The van der Waals surface area contributed by atoms with Gasteiger partial charge in [0.1, 0.15) is 11.7 Å². The summed E-state index contributed by atoms with van der Waals surface area (Å²) in [6, 6.07) is 3.22. The largest absolute Gasteiger partial charge is 0.477 e. The highest BCUT2D eigenvalue weighted by Crippen LogP contribution is 2.44. The monoisotopic (exact) mass is 451 g/mol. The number of carboxylic acids is 1. The van der Waals surface area contributed by atoms with Crippen LogP contribution in [0.4, 0.5) is 18.9 Å². The lowest BCUT2D eigenvalue weighted by Gasteiger charge is -2.24. The topological polar surface area (TPSA) is 83.8 Å². The molecular formula is C22H24F3N3O4. The predicted octanol–water partition coefficient (Wildman–Crippen LogP) is 3.16. The maximum Gasteiger partial charge on any atom is 0.387 e. The lowest BCUT2D eigenvalue weighted by Crippen LogP contribution is -2.30. The third kappa shape index (κ3) is 3.92. The van der Waals surface area contributed by atoms with Gasteiger partial charge in [0, 0.05) is 43.8 Å². The number of hydrogen-bond acceptors (Lipinski definition) is 5. The minimum atomic E-state index is -3.16. The summed E-state index contributed by atoms with van der Waals surface area (Å²) < 4.78 is 48.1. The van der Waals surface area contributed by atoms with Crippen molar-refractivity contribution in [2.75, 3.05) is 24.5 Å². The van der Waals surface area contributed by atoms with Crippen molar-refractivity contribution in [3.8, 4) is 5.75 Å². The number of ether oxygens (including phenoxy) is 1. The number of nitrogens with zero attached hydrogens (tertiary/aromatic N) is 2. The molecule has 2 aromatic rings. The number of carbonyl (C=O) groups is 1. The number of rotatable bonds is 8. The second-order valence-corrected chi connectivity index (χ2v) is 8.87. The van der Waals surface area contributed by atoms with Gasteiger partial charge < -0.3 is 24.6 Å². The number of aromatic nitrogens is 1. The summed E-state index contributed by atoms with van der Waals surface area (Å²) in [5.74, 6) is -1.87. The highest BCUT2D eigenvalue weighted by molar-refractivity contribution is 5.97. The van der Waals surface area contributed by atoms with Crippen LogP contribution in [0.5, 0.6) is 5.75 Å². The first kappa shape index (κ1) is 21.1. The van der Waals surface area contributed by atoms with Gasteiger partial charge in [0.05, 0.1) is 16.6 Å². The first-order chi connectivity index (χ1) is 15.3. The van der Waals surface area contributed by atoms with Crippen molar-refractivity contribution in [3.05, 3.63) is 34.1 Å². The minimum Gasteiger partial charge on any atom is -0.477 e. The Balaban J connectivity index is 1.60. The van der Waals surface area contributed by atoms with Crippen molar-refractivity contribution in [2.24, 2.45) is 5.92 Å². The van der Waals surface area contributed by atoms with Crippen molar-refractivity contribution < 1.29 is 27.8 Å². The molecule has 0 bridgehead atoms. The molecule has 0 radical (unpaired) electrons. The van der Waals surface area contributed by atoms with Crippen LogP contribution in [0.3, 0.4) is 0 Å². The normalized spacial score (nSPS) is 23.3. The molecule has 1 aromatic carbocycles. The number of hydrogen-bond donors (Lipinski definition) is 2. The lowest BCUT2D eigenvalue weighted by atomic mass is 10.1. The molecule has 172 valence electrons. The minimum absolute atomic E-state index is 0.000791. The number of nitrogens with one attached hydrogen (secondary N) is 1. The van der Waals surface area contributed by atoms with Gasteiger partial charge in [-0.05, 0) is 37.8 Å². The maximum absolute atomic E-state index is 14.7. The Labute approximate surface area is 181 Å². The molecule has 2 aliphatic carbocycles. The average molecular weight is 451 g/mol. The van der Waals surface area contributed by atoms with E-state index < -0.39 is 29.7 Å². The molecule has 10 heteroatoms. The number of fused-ring (bicyclic) bond motifs is 1. The van der Waals surface area contributed by atoms with E-state index in [2.05, 4.69) is 5.32 Å². The first-order valence-corrected chi connectivity index (χ1v) is 10.9. The molecule has 0 amide bonds. The number of pyridine rings is 1. The molecular weight excluding hydrogens is 427 g/mol. The highest BCUT2D eigenvalue weighted by atomic mass is 19.3. The van der Waals surface area contributed by atoms with Crippen LogP contribution in [0.1, 0.15) is 42.1 Å².